The number of rotatable bonds is 8. The third-order valence-corrected chi connectivity index (χ3v) is 4.79. The van der Waals surface area contributed by atoms with Crippen molar-refractivity contribution in [1.29, 1.82) is 0 Å². The first-order chi connectivity index (χ1) is 14.1. The lowest BCUT2D eigenvalue weighted by Gasteiger charge is -2.15. The Bertz CT molecular complexity index is 785. The van der Waals surface area contributed by atoms with Crippen molar-refractivity contribution in [3.8, 4) is 0 Å². The van der Waals surface area contributed by atoms with Crippen LogP contribution in [0.25, 0.3) is 0 Å². The first-order valence-electron chi connectivity index (χ1n) is 10.1. The Morgan fingerprint density at radius 3 is 2.63 bits per heavy atom. The Kier molecular flexibility index (Phi) is 10.2. The molecule has 2 heterocycles. The molecule has 1 amide bonds. The molecule has 7 nitrogen and oxygen atoms in total. The van der Waals surface area contributed by atoms with E-state index in [0.29, 0.717) is 12.1 Å². The number of carbonyl (C=O) groups is 1. The molecule has 0 aliphatic carbocycles. The van der Waals surface area contributed by atoms with Gasteiger partial charge in [0.2, 0.25) is 0 Å². The van der Waals surface area contributed by atoms with Crippen molar-refractivity contribution in [2.75, 3.05) is 33.8 Å². The highest BCUT2D eigenvalue weighted by molar-refractivity contribution is 14.0. The lowest BCUT2D eigenvalue weighted by atomic mass is 10.1. The average Bonchev–Trinajstić information content (AvgIpc) is 3.43. The fourth-order valence-corrected chi connectivity index (χ4v) is 3.13. The van der Waals surface area contributed by atoms with Gasteiger partial charge in [-0.3, -0.25) is 4.79 Å². The summed E-state index contributed by atoms with van der Waals surface area (Å²) >= 11 is 0. The van der Waals surface area contributed by atoms with Crippen LogP contribution >= 0.6 is 24.0 Å². The Morgan fingerprint density at radius 2 is 2.00 bits per heavy atom. The van der Waals surface area contributed by atoms with Gasteiger partial charge in [-0.1, -0.05) is 12.1 Å². The summed E-state index contributed by atoms with van der Waals surface area (Å²) in [5, 5.41) is 6.74. The molecule has 1 atom stereocenters. The zero-order valence-electron chi connectivity index (χ0n) is 17.6. The Hall–Kier alpha value is -2.07. The molecule has 3 rings (SSSR count). The van der Waals surface area contributed by atoms with E-state index >= 15 is 0 Å². The lowest BCUT2D eigenvalue weighted by Crippen LogP contribution is -2.41. The molecule has 0 spiro atoms. The van der Waals surface area contributed by atoms with Crippen LogP contribution in [0.3, 0.4) is 0 Å². The van der Waals surface area contributed by atoms with Gasteiger partial charge in [-0.05, 0) is 42.7 Å². The highest BCUT2D eigenvalue weighted by Gasteiger charge is 2.15. The Morgan fingerprint density at radius 1 is 1.20 bits per heavy atom. The van der Waals surface area contributed by atoms with Crippen molar-refractivity contribution < 1.29 is 13.9 Å². The molecule has 0 radical (unpaired) electrons. The second-order valence-corrected chi connectivity index (χ2v) is 7.33. The molecule has 1 aliphatic heterocycles. The molecule has 1 saturated heterocycles. The summed E-state index contributed by atoms with van der Waals surface area (Å²) in [5.74, 6) is 1.69. The summed E-state index contributed by atoms with van der Waals surface area (Å²) in [6.45, 7) is 2.82. The number of nitrogens with zero attached hydrogens (tertiary/aromatic N) is 2. The molecule has 2 N–H and O–H groups in total. The van der Waals surface area contributed by atoms with Crippen molar-refractivity contribution in [2.45, 2.75) is 31.9 Å². The van der Waals surface area contributed by atoms with Gasteiger partial charge in [0.1, 0.15) is 5.76 Å². The number of hydrogen-bond acceptors (Lipinski definition) is 4. The maximum absolute atomic E-state index is 12.0. The molecule has 164 valence electrons. The summed E-state index contributed by atoms with van der Waals surface area (Å²) in [7, 11) is 3.50. The number of guanidine groups is 1. The summed E-state index contributed by atoms with van der Waals surface area (Å²) in [4.78, 5) is 18.3. The summed E-state index contributed by atoms with van der Waals surface area (Å²) in [6.07, 6.45) is 4.90. The van der Waals surface area contributed by atoms with Crippen LogP contribution in [0.15, 0.2) is 52.1 Å². The third-order valence-electron chi connectivity index (χ3n) is 4.79. The van der Waals surface area contributed by atoms with Crippen LogP contribution in [0.2, 0.25) is 0 Å². The maximum Gasteiger partial charge on any atom is 0.253 e. The molecular weight excluding hydrogens is 495 g/mol. The molecule has 30 heavy (non-hydrogen) atoms. The van der Waals surface area contributed by atoms with E-state index in [2.05, 4.69) is 10.6 Å². The molecule has 0 bridgehead atoms. The Labute approximate surface area is 195 Å². The SMILES string of the molecule is CN(C)C(=O)c1ccc(CN=C(NCCc2ccco2)NCC2CCCO2)cc1.I. The van der Waals surface area contributed by atoms with E-state index in [0.717, 1.165) is 56.2 Å². The van der Waals surface area contributed by atoms with Crippen LogP contribution in [0.1, 0.15) is 34.5 Å². The van der Waals surface area contributed by atoms with Crippen molar-refractivity contribution >= 4 is 35.8 Å². The van der Waals surface area contributed by atoms with E-state index in [1.165, 1.54) is 0 Å². The minimum absolute atomic E-state index is 0. The fraction of sp³-hybridized carbons (Fsp3) is 0.455. The maximum atomic E-state index is 12.0. The predicted octanol–water partition coefficient (Wildman–Crippen LogP) is 3.06. The van der Waals surface area contributed by atoms with Crippen LogP contribution in [0.5, 0.6) is 0 Å². The molecular formula is C22H31IN4O3. The van der Waals surface area contributed by atoms with E-state index < -0.39 is 0 Å². The fourth-order valence-electron chi connectivity index (χ4n) is 3.13. The predicted molar refractivity (Wildman–Crippen MR) is 128 cm³/mol. The van der Waals surface area contributed by atoms with Gasteiger partial charge in [0, 0.05) is 45.8 Å². The Balaban J connectivity index is 0.00000320. The van der Waals surface area contributed by atoms with Crippen LogP contribution < -0.4 is 10.6 Å². The summed E-state index contributed by atoms with van der Waals surface area (Å²) in [6, 6.07) is 11.4. The molecule has 1 unspecified atom stereocenters. The highest BCUT2D eigenvalue weighted by Crippen LogP contribution is 2.11. The van der Waals surface area contributed by atoms with Gasteiger partial charge in [0.25, 0.3) is 5.91 Å². The molecule has 0 saturated carbocycles. The normalized spacial score (nSPS) is 16.1. The van der Waals surface area contributed by atoms with E-state index in [4.69, 9.17) is 14.1 Å². The number of halogens is 1. The van der Waals surface area contributed by atoms with Crippen molar-refractivity contribution in [1.82, 2.24) is 15.5 Å². The molecule has 1 aliphatic rings. The number of nitrogens with one attached hydrogen (secondary N) is 2. The van der Waals surface area contributed by atoms with Crippen LogP contribution in [-0.4, -0.2) is 56.7 Å². The number of aliphatic imine (C=N–C) groups is 1. The van der Waals surface area contributed by atoms with Gasteiger partial charge in [-0.25, -0.2) is 4.99 Å². The van der Waals surface area contributed by atoms with E-state index in [1.54, 1.807) is 25.3 Å². The monoisotopic (exact) mass is 526 g/mol. The van der Waals surface area contributed by atoms with E-state index in [1.807, 2.05) is 36.4 Å². The largest absolute Gasteiger partial charge is 0.469 e. The quantitative estimate of drug-likeness (QED) is 0.314. The number of carbonyl (C=O) groups excluding carboxylic acids is 1. The molecule has 8 heteroatoms. The summed E-state index contributed by atoms with van der Waals surface area (Å²) < 4.78 is 11.1. The second kappa shape index (κ2) is 12.6. The van der Waals surface area contributed by atoms with Gasteiger partial charge in [-0.15, -0.1) is 24.0 Å². The first kappa shape index (κ1) is 24.2. The molecule has 1 fully saturated rings. The van der Waals surface area contributed by atoms with Crippen LogP contribution in [0, 0.1) is 0 Å². The van der Waals surface area contributed by atoms with Gasteiger partial charge in [0.15, 0.2) is 5.96 Å². The van der Waals surface area contributed by atoms with Gasteiger partial charge in [0.05, 0.1) is 18.9 Å². The number of furan rings is 1. The molecule has 2 aromatic rings. The van der Waals surface area contributed by atoms with Gasteiger partial charge < -0.3 is 24.7 Å². The minimum atomic E-state index is -0.00133. The molecule has 1 aromatic carbocycles. The zero-order chi connectivity index (χ0) is 20.5. The van der Waals surface area contributed by atoms with E-state index in [-0.39, 0.29) is 36.0 Å². The average molecular weight is 526 g/mol. The number of amides is 1. The third kappa shape index (κ3) is 7.64. The summed E-state index contributed by atoms with van der Waals surface area (Å²) in [5.41, 5.74) is 1.72. The topological polar surface area (TPSA) is 79.1 Å². The lowest BCUT2D eigenvalue weighted by molar-refractivity contribution is 0.0827. The van der Waals surface area contributed by atoms with Crippen LogP contribution in [0.4, 0.5) is 0 Å². The standard InChI is InChI=1S/C22H30N4O3.HI/c1-26(2)21(27)18-9-7-17(8-10-18)15-24-22(25-16-20-6-4-14-29-20)23-12-11-19-5-3-13-28-19;/h3,5,7-10,13,20H,4,6,11-12,14-16H2,1-2H3,(H2,23,24,25);1H. The van der Waals surface area contributed by atoms with Crippen molar-refractivity contribution in [3.05, 3.63) is 59.5 Å². The van der Waals surface area contributed by atoms with Crippen LogP contribution in [-0.2, 0) is 17.7 Å². The molecule has 1 aromatic heterocycles. The first-order valence-corrected chi connectivity index (χ1v) is 10.1. The zero-order valence-corrected chi connectivity index (χ0v) is 19.9. The number of benzene rings is 1. The number of ether oxygens (including phenoxy) is 1. The minimum Gasteiger partial charge on any atom is -0.469 e. The van der Waals surface area contributed by atoms with Gasteiger partial charge in [-0.2, -0.15) is 0 Å². The van der Waals surface area contributed by atoms with E-state index in [9.17, 15) is 4.79 Å². The van der Waals surface area contributed by atoms with Crippen molar-refractivity contribution in [3.63, 3.8) is 0 Å². The van der Waals surface area contributed by atoms with Crippen molar-refractivity contribution in [2.24, 2.45) is 4.99 Å². The second-order valence-electron chi connectivity index (χ2n) is 7.33. The number of hydrogen-bond donors (Lipinski definition) is 2. The van der Waals surface area contributed by atoms with Gasteiger partial charge >= 0.3 is 0 Å². The highest BCUT2D eigenvalue weighted by atomic mass is 127. The smallest absolute Gasteiger partial charge is 0.253 e.